The summed E-state index contributed by atoms with van der Waals surface area (Å²) in [4.78, 5) is 0. The first-order valence-electron chi connectivity index (χ1n) is 4.68. The fourth-order valence-electron chi connectivity index (χ4n) is 1.58. The number of nitrogens with one attached hydrogen (secondary N) is 1. The third kappa shape index (κ3) is 1.65. The fraction of sp³-hybridized carbons (Fsp3) is 0.0909. The summed E-state index contributed by atoms with van der Waals surface area (Å²) in [6.07, 6.45) is 4.81. The molecule has 16 heavy (non-hydrogen) atoms. The SMILES string of the molecule is NC1=CC=CNC1(N)c1cc(F)cc(F)c1. The molecule has 1 aliphatic rings. The number of nitrogens with two attached hydrogens (primary N) is 2. The smallest absolute Gasteiger partial charge is 0.153 e. The minimum atomic E-state index is -1.27. The molecular formula is C11H11F2N3. The van der Waals surface area contributed by atoms with Gasteiger partial charge in [-0.05, 0) is 30.5 Å². The first-order valence-corrected chi connectivity index (χ1v) is 4.68. The van der Waals surface area contributed by atoms with Gasteiger partial charge in [0.2, 0.25) is 0 Å². The van der Waals surface area contributed by atoms with Crippen LogP contribution in [0.25, 0.3) is 0 Å². The number of allylic oxidation sites excluding steroid dienone is 2. The van der Waals surface area contributed by atoms with Gasteiger partial charge in [0, 0.05) is 11.6 Å². The van der Waals surface area contributed by atoms with Gasteiger partial charge in [-0.25, -0.2) is 8.78 Å². The van der Waals surface area contributed by atoms with Crippen LogP contribution in [-0.4, -0.2) is 0 Å². The highest BCUT2D eigenvalue weighted by Gasteiger charge is 2.31. The number of rotatable bonds is 1. The van der Waals surface area contributed by atoms with Gasteiger partial charge in [-0.3, -0.25) is 5.73 Å². The van der Waals surface area contributed by atoms with Crippen LogP contribution in [0.1, 0.15) is 5.56 Å². The average Bonchev–Trinajstić information content (AvgIpc) is 2.21. The summed E-state index contributed by atoms with van der Waals surface area (Å²) in [5, 5.41) is 2.79. The molecule has 3 nitrogen and oxygen atoms in total. The molecule has 0 amide bonds. The van der Waals surface area contributed by atoms with E-state index in [1.54, 1.807) is 18.4 Å². The predicted molar refractivity (Wildman–Crippen MR) is 56.8 cm³/mol. The lowest BCUT2D eigenvalue weighted by atomic mass is 9.95. The van der Waals surface area contributed by atoms with Gasteiger partial charge >= 0.3 is 0 Å². The highest BCUT2D eigenvalue weighted by molar-refractivity contribution is 5.37. The number of benzene rings is 1. The number of hydrogen-bond acceptors (Lipinski definition) is 3. The Morgan fingerprint density at radius 2 is 1.75 bits per heavy atom. The van der Waals surface area contributed by atoms with Crippen molar-refractivity contribution in [2.75, 3.05) is 0 Å². The Morgan fingerprint density at radius 3 is 2.31 bits per heavy atom. The lowest BCUT2D eigenvalue weighted by molar-refractivity contribution is 0.448. The number of dihydropyridines is 1. The molecule has 84 valence electrons. The zero-order valence-electron chi connectivity index (χ0n) is 8.37. The van der Waals surface area contributed by atoms with Crippen LogP contribution in [0.4, 0.5) is 8.78 Å². The van der Waals surface area contributed by atoms with Crippen molar-refractivity contribution >= 4 is 0 Å². The summed E-state index contributed by atoms with van der Waals surface area (Å²) in [5.74, 6) is -1.38. The van der Waals surface area contributed by atoms with E-state index >= 15 is 0 Å². The molecular weight excluding hydrogens is 212 g/mol. The second kappa shape index (κ2) is 3.61. The Morgan fingerprint density at radius 1 is 1.12 bits per heavy atom. The van der Waals surface area contributed by atoms with Crippen molar-refractivity contribution in [2.45, 2.75) is 5.66 Å². The van der Waals surface area contributed by atoms with Crippen molar-refractivity contribution < 1.29 is 8.78 Å². The van der Waals surface area contributed by atoms with E-state index in [9.17, 15) is 8.78 Å². The molecule has 0 aliphatic carbocycles. The monoisotopic (exact) mass is 223 g/mol. The summed E-state index contributed by atoms with van der Waals surface area (Å²) < 4.78 is 26.2. The van der Waals surface area contributed by atoms with Crippen LogP contribution < -0.4 is 16.8 Å². The summed E-state index contributed by atoms with van der Waals surface area (Å²) in [6, 6.07) is 3.08. The molecule has 1 aromatic carbocycles. The zero-order chi connectivity index (χ0) is 11.8. The van der Waals surface area contributed by atoms with Crippen LogP contribution in [0.3, 0.4) is 0 Å². The van der Waals surface area contributed by atoms with Crippen LogP contribution in [0.15, 0.2) is 42.2 Å². The van der Waals surface area contributed by atoms with Crippen molar-refractivity contribution in [1.82, 2.24) is 5.32 Å². The van der Waals surface area contributed by atoms with Gasteiger partial charge in [-0.15, -0.1) is 0 Å². The quantitative estimate of drug-likeness (QED) is 0.666. The molecule has 0 radical (unpaired) electrons. The highest BCUT2D eigenvalue weighted by atomic mass is 19.1. The van der Waals surface area contributed by atoms with Gasteiger partial charge < -0.3 is 11.1 Å². The zero-order valence-corrected chi connectivity index (χ0v) is 8.37. The molecule has 0 fully saturated rings. The van der Waals surface area contributed by atoms with E-state index in [1.165, 1.54) is 0 Å². The Balaban J connectivity index is 2.51. The van der Waals surface area contributed by atoms with E-state index in [-0.39, 0.29) is 5.56 Å². The Kier molecular flexibility index (Phi) is 2.40. The van der Waals surface area contributed by atoms with Crippen LogP contribution >= 0.6 is 0 Å². The second-order valence-corrected chi connectivity index (χ2v) is 3.59. The van der Waals surface area contributed by atoms with Crippen molar-refractivity contribution in [3.05, 3.63) is 59.4 Å². The molecule has 0 saturated carbocycles. The standard InChI is InChI=1S/C11H11F2N3/c12-8-4-7(5-9(13)6-8)11(15)10(14)2-1-3-16-11/h1-6,16H,14-15H2. The predicted octanol–water partition coefficient (Wildman–Crippen LogP) is 1.04. The van der Waals surface area contributed by atoms with E-state index in [0.29, 0.717) is 5.70 Å². The lowest BCUT2D eigenvalue weighted by Crippen LogP contribution is -2.53. The number of halogens is 2. The molecule has 1 aliphatic heterocycles. The minimum absolute atomic E-state index is 0.239. The normalized spacial score (nSPS) is 23.8. The van der Waals surface area contributed by atoms with Crippen LogP contribution in [-0.2, 0) is 5.66 Å². The summed E-state index contributed by atoms with van der Waals surface area (Å²) in [6.45, 7) is 0. The first kappa shape index (κ1) is 10.6. The van der Waals surface area contributed by atoms with Crippen molar-refractivity contribution in [3.8, 4) is 0 Å². The molecule has 1 unspecified atom stereocenters. The van der Waals surface area contributed by atoms with E-state index in [1.807, 2.05) is 0 Å². The first-order chi connectivity index (χ1) is 7.52. The molecule has 0 saturated heterocycles. The summed E-state index contributed by atoms with van der Waals surface area (Å²) in [5.41, 5.74) is 11.0. The third-order valence-electron chi connectivity index (χ3n) is 2.46. The van der Waals surface area contributed by atoms with Gasteiger partial charge in [0.15, 0.2) is 5.66 Å². The molecule has 1 atom stereocenters. The molecule has 2 rings (SSSR count). The molecule has 0 bridgehead atoms. The van der Waals surface area contributed by atoms with Crippen LogP contribution in [0.5, 0.6) is 0 Å². The highest BCUT2D eigenvalue weighted by Crippen LogP contribution is 2.24. The summed E-state index contributed by atoms with van der Waals surface area (Å²) >= 11 is 0. The van der Waals surface area contributed by atoms with Gasteiger partial charge in [-0.1, -0.05) is 0 Å². The maximum Gasteiger partial charge on any atom is 0.153 e. The lowest BCUT2D eigenvalue weighted by Gasteiger charge is -2.32. The minimum Gasteiger partial charge on any atom is -0.399 e. The maximum absolute atomic E-state index is 13.1. The van der Waals surface area contributed by atoms with E-state index in [0.717, 1.165) is 18.2 Å². The average molecular weight is 223 g/mol. The summed E-state index contributed by atoms with van der Waals surface area (Å²) in [7, 11) is 0. The van der Waals surface area contributed by atoms with Gasteiger partial charge in [0.25, 0.3) is 0 Å². The van der Waals surface area contributed by atoms with Crippen LogP contribution in [0, 0.1) is 11.6 Å². The maximum atomic E-state index is 13.1. The fourth-order valence-corrected chi connectivity index (χ4v) is 1.58. The Bertz CT molecular complexity index is 462. The van der Waals surface area contributed by atoms with Crippen LogP contribution in [0.2, 0.25) is 0 Å². The van der Waals surface area contributed by atoms with E-state index in [2.05, 4.69) is 5.32 Å². The van der Waals surface area contributed by atoms with Crippen molar-refractivity contribution in [1.29, 1.82) is 0 Å². The largest absolute Gasteiger partial charge is 0.399 e. The molecule has 5 heteroatoms. The van der Waals surface area contributed by atoms with Gasteiger partial charge in [0.05, 0.1) is 5.70 Å². The molecule has 0 spiro atoms. The molecule has 0 aromatic heterocycles. The van der Waals surface area contributed by atoms with Gasteiger partial charge in [0.1, 0.15) is 11.6 Å². The third-order valence-corrected chi connectivity index (χ3v) is 2.46. The van der Waals surface area contributed by atoms with E-state index < -0.39 is 17.3 Å². The van der Waals surface area contributed by atoms with Crippen molar-refractivity contribution in [2.24, 2.45) is 11.5 Å². The molecule has 1 heterocycles. The van der Waals surface area contributed by atoms with Crippen molar-refractivity contribution in [3.63, 3.8) is 0 Å². The number of hydrogen-bond donors (Lipinski definition) is 3. The molecule has 1 aromatic rings. The van der Waals surface area contributed by atoms with Gasteiger partial charge in [-0.2, -0.15) is 0 Å². The Hall–Kier alpha value is -1.88. The second-order valence-electron chi connectivity index (χ2n) is 3.59. The topological polar surface area (TPSA) is 64.1 Å². The molecule has 5 N–H and O–H groups in total. The Labute approximate surface area is 91.4 Å². The van der Waals surface area contributed by atoms with E-state index in [4.69, 9.17) is 11.5 Å².